The highest BCUT2D eigenvalue weighted by molar-refractivity contribution is 5.94. The van der Waals surface area contributed by atoms with Gasteiger partial charge < -0.3 is 15.5 Å². The quantitative estimate of drug-likeness (QED) is 0.866. The zero-order chi connectivity index (χ0) is 19.0. The molecule has 1 aromatic heterocycles. The van der Waals surface area contributed by atoms with Crippen LogP contribution in [0.25, 0.3) is 0 Å². The summed E-state index contributed by atoms with van der Waals surface area (Å²) in [7, 11) is 0. The van der Waals surface area contributed by atoms with Crippen LogP contribution >= 0.6 is 0 Å². The molecule has 0 aliphatic carbocycles. The Kier molecular flexibility index (Phi) is 4.78. The number of rotatable bonds is 4. The molecule has 0 saturated carbocycles. The van der Waals surface area contributed by atoms with Crippen LogP contribution in [0.3, 0.4) is 0 Å². The monoisotopic (exact) mass is 369 g/mol. The van der Waals surface area contributed by atoms with E-state index in [2.05, 4.69) is 20.6 Å². The summed E-state index contributed by atoms with van der Waals surface area (Å²) in [6.07, 6.45) is 3.13. The number of benzene rings is 1. The van der Waals surface area contributed by atoms with Crippen molar-refractivity contribution in [3.05, 3.63) is 53.6 Å². The summed E-state index contributed by atoms with van der Waals surface area (Å²) in [4.78, 5) is 23.6. The molecule has 3 heterocycles. The van der Waals surface area contributed by atoms with Crippen LogP contribution in [-0.2, 0) is 0 Å². The van der Waals surface area contributed by atoms with Gasteiger partial charge in [-0.3, -0.25) is 4.79 Å². The first-order chi connectivity index (χ1) is 13.0. The van der Waals surface area contributed by atoms with Crippen molar-refractivity contribution in [2.24, 2.45) is 11.8 Å². The predicted molar refractivity (Wildman–Crippen MR) is 101 cm³/mol. The number of amides is 1. The molecular weight excluding hydrogens is 345 g/mol. The zero-order valence-electron chi connectivity index (χ0n) is 15.5. The van der Waals surface area contributed by atoms with E-state index in [1.54, 1.807) is 18.5 Å². The van der Waals surface area contributed by atoms with Gasteiger partial charge in [0.15, 0.2) is 0 Å². The van der Waals surface area contributed by atoms with Crippen molar-refractivity contribution < 1.29 is 9.18 Å². The van der Waals surface area contributed by atoms with Crippen LogP contribution in [0.4, 0.5) is 10.3 Å². The average Bonchev–Trinajstić information content (AvgIpc) is 3.22. The van der Waals surface area contributed by atoms with E-state index in [9.17, 15) is 9.18 Å². The Morgan fingerprint density at radius 2 is 2.07 bits per heavy atom. The highest BCUT2D eigenvalue weighted by atomic mass is 19.1. The van der Waals surface area contributed by atoms with Gasteiger partial charge in [0, 0.05) is 44.0 Å². The second-order valence-electron chi connectivity index (χ2n) is 7.63. The maximum Gasteiger partial charge on any atom is 0.257 e. The fraction of sp³-hybridized carbons (Fsp3) is 0.450. The van der Waals surface area contributed by atoms with E-state index < -0.39 is 0 Å². The Morgan fingerprint density at radius 1 is 1.30 bits per heavy atom. The van der Waals surface area contributed by atoms with Gasteiger partial charge in [-0.2, -0.15) is 0 Å². The second-order valence-corrected chi connectivity index (χ2v) is 7.63. The summed E-state index contributed by atoms with van der Waals surface area (Å²) in [5, 5.41) is 6.52. The van der Waals surface area contributed by atoms with Crippen molar-refractivity contribution in [1.82, 2.24) is 20.2 Å². The summed E-state index contributed by atoms with van der Waals surface area (Å²) in [5.41, 5.74) is 1.30. The normalized spacial score (nSPS) is 24.3. The second kappa shape index (κ2) is 7.23. The lowest BCUT2D eigenvalue weighted by atomic mass is 9.89. The van der Waals surface area contributed by atoms with Gasteiger partial charge >= 0.3 is 0 Å². The van der Waals surface area contributed by atoms with Gasteiger partial charge in [-0.1, -0.05) is 12.1 Å². The number of anilines is 1. The third kappa shape index (κ3) is 3.51. The van der Waals surface area contributed by atoms with Gasteiger partial charge in [0.05, 0.1) is 11.6 Å². The molecule has 0 spiro atoms. The van der Waals surface area contributed by atoms with E-state index in [1.165, 1.54) is 12.1 Å². The van der Waals surface area contributed by atoms with E-state index in [0.29, 0.717) is 29.9 Å². The molecule has 2 fully saturated rings. The maximum atomic E-state index is 13.8. The van der Waals surface area contributed by atoms with E-state index in [4.69, 9.17) is 0 Å². The lowest BCUT2D eigenvalue weighted by Crippen LogP contribution is -2.35. The van der Waals surface area contributed by atoms with Gasteiger partial charge in [0.2, 0.25) is 5.95 Å². The van der Waals surface area contributed by atoms with Gasteiger partial charge in [-0.05, 0) is 37.5 Å². The summed E-state index contributed by atoms with van der Waals surface area (Å²) < 4.78 is 13.8. The van der Waals surface area contributed by atoms with Crippen LogP contribution < -0.4 is 10.6 Å². The highest BCUT2D eigenvalue weighted by Gasteiger charge is 2.47. The van der Waals surface area contributed by atoms with Crippen LogP contribution in [-0.4, -0.2) is 46.5 Å². The lowest BCUT2D eigenvalue weighted by Gasteiger charge is -2.28. The number of aromatic nitrogens is 2. The maximum absolute atomic E-state index is 13.8. The molecule has 142 valence electrons. The van der Waals surface area contributed by atoms with Gasteiger partial charge in [0.25, 0.3) is 5.91 Å². The Bertz CT molecular complexity index is 825. The molecular formula is C20H24FN5O. The molecule has 7 heteroatoms. The minimum absolute atomic E-state index is 0.102. The fourth-order valence-corrected chi connectivity index (χ4v) is 4.18. The number of carbonyl (C=O) groups excluding carboxylic acids is 1. The number of halogens is 1. The van der Waals surface area contributed by atoms with Crippen LogP contribution in [0.15, 0.2) is 36.7 Å². The van der Waals surface area contributed by atoms with Crippen LogP contribution in [0.1, 0.15) is 35.8 Å². The lowest BCUT2D eigenvalue weighted by molar-refractivity contribution is 0.0713. The first-order valence-electron chi connectivity index (χ1n) is 9.38. The number of hydrogen-bond acceptors (Lipinski definition) is 5. The molecule has 27 heavy (non-hydrogen) atoms. The number of nitrogens with zero attached hydrogens (tertiary/aromatic N) is 3. The van der Waals surface area contributed by atoms with Crippen molar-refractivity contribution >= 4 is 11.9 Å². The molecule has 2 aliphatic heterocycles. The predicted octanol–water partition coefficient (Wildman–Crippen LogP) is 2.47. The minimum atomic E-state index is -0.276. The SMILES string of the molecule is CC(C)Nc1ncc(C(=O)N2C[C@@H]3CNC[C@@H]3[C@H]2c2cccc(F)c2)cn1. The summed E-state index contributed by atoms with van der Waals surface area (Å²) in [5.74, 6) is 0.797. The topological polar surface area (TPSA) is 70.2 Å². The third-order valence-electron chi connectivity index (χ3n) is 5.33. The van der Waals surface area contributed by atoms with Crippen molar-refractivity contribution in [2.75, 3.05) is 25.0 Å². The van der Waals surface area contributed by atoms with Crippen molar-refractivity contribution in [1.29, 1.82) is 0 Å². The zero-order valence-corrected chi connectivity index (χ0v) is 15.5. The van der Waals surface area contributed by atoms with Crippen LogP contribution in [0, 0.1) is 17.7 Å². The van der Waals surface area contributed by atoms with E-state index >= 15 is 0 Å². The summed E-state index contributed by atoms with van der Waals surface area (Å²) in [6, 6.07) is 6.66. The molecule has 0 unspecified atom stereocenters. The van der Waals surface area contributed by atoms with Crippen LogP contribution in [0.2, 0.25) is 0 Å². The molecule has 2 aliphatic rings. The molecule has 4 rings (SSSR count). The van der Waals surface area contributed by atoms with Gasteiger partial charge in [-0.15, -0.1) is 0 Å². The number of carbonyl (C=O) groups is 1. The standard InChI is InChI=1S/C20H24FN5O/c1-12(2)25-20-23-8-14(9-24-20)19(27)26-11-15-7-22-10-17(15)18(26)13-4-3-5-16(21)6-13/h3-6,8-9,12,15,17-18,22H,7,10-11H2,1-2H3,(H,23,24,25)/t15-,17-,18+/m0/s1. The molecule has 2 N–H and O–H groups in total. The van der Waals surface area contributed by atoms with Crippen molar-refractivity contribution in [2.45, 2.75) is 25.9 Å². The Labute approximate surface area is 158 Å². The van der Waals surface area contributed by atoms with E-state index in [0.717, 1.165) is 18.7 Å². The smallest absolute Gasteiger partial charge is 0.257 e. The van der Waals surface area contributed by atoms with E-state index in [1.807, 2.05) is 24.8 Å². The molecule has 0 bridgehead atoms. The molecule has 1 aromatic carbocycles. The van der Waals surface area contributed by atoms with Crippen LogP contribution in [0.5, 0.6) is 0 Å². The molecule has 1 amide bonds. The Morgan fingerprint density at radius 3 is 2.78 bits per heavy atom. The average molecular weight is 369 g/mol. The molecule has 3 atom stereocenters. The summed E-state index contributed by atoms with van der Waals surface area (Å²) in [6.45, 7) is 6.38. The third-order valence-corrected chi connectivity index (χ3v) is 5.33. The minimum Gasteiger partial charge on any atom is -0.352 e. The number of fused-ring (bicyclic) bond motifs is 1. The Balaban J connectivity index is 1.61. The highest BCUT2D eigenvalue weighted by Crippen LogP contribution is 2.43. The van der Waals surface area contributed by atoms with E-state index in [-0.39, 0.29) is 23.8 Å². The van der Waals surface area contributed by atoms with Crippen molar-refractivity contribution in [3.8, 4) is 0 Å². The molecule has 2 saturated heterocycles. The van der Waals surface area contributed by atoms with Gasteiger partial charge in [0.1, 0.15) is 5.82 Å². The van der Waals surface area contributed by atoms with Crippen molar-refractivity contribution in [3.63, 3.8) is 0 Å². The Hall–Kier alpha value is -2.54. The largest absolute Gasteiger partial charge is 0.352 e. The molecule has 2 aromatic rings. The van der Waals surface area contributed by atoms with Gasteiger partial charge in [-0.25, -0.2) is 14.4 Å². The number of likely N-dealkylation sites (tertiary alicyclic amines) is 1. The first-order valence-corrected chi connectivity index (χ1v) is 9.38. The number of nitrogens with one attached hydrogen (secondary N) is 2. The molecule has 6 nitrogen and oxygen atoms in total. The summed E-state index contributed by atoms with van der Waals surface area (Å²) >= 11 is 0. The number of hydrogen-bond donors (Lipinski definition) is 2. The fourth-order valence-electron chi connectivity index (χ4n) is 4.18. The first kappa shape index (κ1) is 17.9. The molecule has 0 radical (unpaired) electrons.